The molecule has 2 fully saturated rings. The topological polar surface area (TPSA) is 237 Å². The van der Waals surface area contributed by atoms with E-state index in [1.54, 1.807) is 24.3 Å². The second-order valence-corrected chi connectivity index (χ2v) is 12.0. The predicted octanol–water partition coefficient (Wildman–Crippen LogP) is -1.69. The number of rotatable bonds is 11. The molecule has 11 atom stereocenters. The highest BCUT2D eigenvalue weighted by atomic mass is 16.8. The summed E-state index contributed by atoms with van der Waals surface area (Å²) in [5.41, 5.74) is 0.152. The Morgan fingerprint density at radius 1 is 0.891 bits per heavy atom. The molecule has 3 aliphatic rings. The highest BCUT2D eigenvalue weighted by Gasteiger charge is 2.53. The molecule has 15 nitrogen and oxygen atoms in total. The van der Waals surface area contributed by atoms with Crippen molar-refractivity contribution in [1.82, 2.24) is 0 Å². The van der Waals surface area contributed by atoms with Crippen molar-refractivity contribution >= 4 is 0 Å². The van der Waals surface area contributed by atoms with Crippen molar-refractivity contribution in [1.29, 1.82) is 0 Å². The van der Waals surface area contributed by atoms with Gasteiger partial charge in [0, 0.05) is 12.5 Å². The molecule has 0 saturated carbocycles. The van der Waals surface area contributed by atoms with Crippen molar-refractivity contribution in [2.24, 2.45) is 11.8 Å². The average Bonchev–Trinajstić information content (AvgIpc) is 3.35. The fourth-order valence-electron chi connectivity index (χ4n) is 6.54. The first-order chi connectivity index (χ1) is 22.0. The molecule has 2 aliphatic heterocycles. The monoisotopic (exact) mass is 654 g/mol. The predicted molar refractivity (Wildman–Crippen MR) is 155 cm³/mol. The summed E-state index contributed by atoms with van der Waals surface area (Å²) in [6.45, 7) is -2.39. The highest BCUT2D eigenvalue weighted by molar-refractivity contribution is 5.53. The lowest BCUT2D eigenvalue weighted by molar-refractivity contribution is -0.338. The normalized spacial score (nSPS) is 35.9. The van der Waals surface area contributed by atoms with Crippen molar-refractivity contribution in [3.8, 4) is 23.0 Å². The van der Waals surface area contributed by atoms with Gasteiger partial charge in [0.15, 0.2) is 35.6 Å². The number of hydrogen-bond donors (Lipinski definition) is 9. The molecular weight excluding hydrogens is 612 g/mol. The second-order valence-electron chi connectivity index (χ2n) is 12.0. The van der Waals surface area contributed by atoms with Gasteiger partial charge < -0.3 is 74.4 Å². The smallest absolute Gasteiger partial charge is 0.187 e. The lowest BCUT2D eigenvalue weighted by Crippen LogP contribution is -2.61. The lowest BCUT2D eigenvalue weighted by atomic mass is 9.67. The molecule has 0 bridgehead atoms. The Morgan fingerprint density at radius 3 is 2.24 bits per heavy atom. The van der Waals surface area contributed by atoms with E-state index in [0.717, 1.165) is 5.56 Å². The minimum atomic E-state index is -2.02. The largest absolute Gasteiger partial charge is 0.504 e. The maximum Gasteiger partial charge on any atom is 0.187 e. The second kappa shape index (κ2) is 14.1. The number of ether oxygens (including phenoxy) is 6. The van der Waals surface area contributed by atoms with Crippen molar-refractivity contribution in [3.05, 3.63) is 47.0 Å². The Hall–Kier alpha value is -2.80. The van der Waals surface area contributed by atoms with E-state index in [4.69, 9.17) is 28.4 Å². The molecule has 0 spiro atoms. The van der Waals surface area contributed by atoms with E-state index in [9.17, 15) is 46.0 Å². The fourth-order valence-corrected chi connectivity index (χ4v) is 6.54. The van der Waals surface area contributed by atoms with Crippen LogP contribution in [0, 0.1) is 11.8 Å². The van der Waals surface area contributed by atoms with E-state index in [-0.39, 0.29) is 36.2 Å². The van der Waals surface area contributed by atoms with E-state index in [1.807, 2.05) is 0 Å². The minimum Gasteiger partial charge on any atom is -0.504 e. The highest BCUT2D eigenvalue weighted by Crippen LogP contribution is 2.48. The maximum absolute atomic E-state index is 11.0. The van der Waals surface area contributed by atoms with Crippen LogP contribution in [-0.2, 0) is 25.4 Å². The Labute approximate surface area is 264 Å². The molecule has 5 rings (SSSR count). The maximum atomic E-state index is 11.0. The number of aromatic hydroxyl groups is 2. The summed E-state index contributed by atoms with van der Waals surface area (Å²) in [4.78, 5) is 0. The number of fused-ring (bicyclic) bond motifs is 1. The van der Waals surface area contributed by atoms with Crippen molar-refractivity contribution in [2.45, 2.75) is 61.0 Å². The van der Waals surface area contributed by atoms with Crippen molar-refractivity contribution in [2.75, 3.05) is 47.3 Å². The van der Waals surface area contributed by atoms with Gasteiger partial charge in [-0.25, -0.2) is 0 Å². The summed E-state index contributed by atoms with van der Waals surface area (Å²) in [5, 5.41) is 93.4. The van der Waals surface area contributed by atoms with Gasteiger partial charge in [-0.3, -0.25) is 0 Å². The molecule has 0 unspecified atom stereocenters. The van der Waals surface area contributed by atoms with Gasteiger partial charge in [0.2, 0.25) is 0 Å². The number of aliphatic hydroxyl groups is 7. The van der Waals surface area contributed by atoms with Gasteiger partial charge in [-0.15, -0.1) is 0 Å². The zero-order valence-electron chi connectivity index (χ0n) is 25.4. The van der Waals surface area contributed by atoms with Gasteiger partial charge in [0.1, 0.15) is 36.1 Å². The van der Waals surface area contributed by atoms with Gasteiger partial charge in [-0.2, -0.15) is 0 Å². The van der Waals surface area contributed by atoms with Gasteiger partial charge >= 0.3 is 0 Å². The average molecular weight is 655 g/mol. The first-order valence-corrected chi connectivity index (χ1v) is 14.9. The van der Waals surface area contributed by atoms with Crippen molar-refractivity contribution < 1.29 is 74.4 Å². The van der Waals surface area contributed by atoms with Crippen LogP contribution in [0.25, 0.3) is 0 Å². The molecule has 0 amide bonds. The lowest BCUT2D eigenvalue weighted by Gasteiger charge is -2.44. The van der Waals surface area contributed by atoms with E-state index in [0.29, 0.717) is 17.5 Å². The molecule has 46 heavy (non-hydrogen) atoms. The molecule has 2 aromatic carbocycles. The summed E-state index contributed by atoms with van der Waals surface area (Å²) in [7, 11) is 2.84. The number of phenols is 2. The Morgan fingerprint density at radius 2 is 1.61 bits per heavy atom. The summed E-state index contributed by atoms with van der Waals surface area (Å²) < 4.78 is 33.8. The van der Waals surface area contributed by atoms with Gasteiger partial charge in [-0.1, -0.05) is 6.07 Å². The third-order valence-corrected chi connectivity index (χ3v) is 9.24. The summed E-state index contributed by atoms with van der Waals surface area (Å²) in [6.07, 6.45) is -10.4. The number of hydrogen-bond acceptors (Lipinski definition) is 15. The van der Waals surface area contributed by atoms with Gasteiger partial charge in [0.25, 0.3) is 0 Å². The zero-order valence-corrected chi connectivity index (χ0v) is 25.4. The van der Waals surface area contributed by atoms with E-state index >= 15 is 0 Å². The van der Waals surface area contributed by atoms with Crippen LogP contribution in [0.15, 0.2) is 30.3 Å². The van der Waals surface area contributed by atoms with Crippen molar-refractivity contribution in [3.63, 3.8) is 0 Å². The standard InChI is InChI=1S/C31H42O15/c1-41-21-6-14(3-4-19(21)35)24-17-8-20(36)22(42-2)7-15(17)5-16(9-32)18(24)11-43-29-27(26(38)25(37)23(10-33)45-29)46-30-28(39)31(40,12-34)13-44-30/h3-4,6-8,16,18,23-30,32-40H,5,9-13H2,1-2H3/t16-,18-,23+,24-,25-,26-,27+,28+,29+,30+,31+/m1/s1. The van der Waals surface area contributed by atoms with E-state index in [2.05, 4.69) is 0 Å². The summed E-state index contributed by atoms with van der Waals surface area (Å²) in [5.74, 6) is -1.22. The molecule has 15 heteroatoms. The van der Waals surface area contributed by atoms with Crippen LogP contribution in [0.3, 0.4) is 0 Å². The quantitative estimate of drug-likeness (QED) is 0.131. The van der Waals surface area contributed by atoms with E-state index < -0.39 is 86.3 Å². The van der Waals surface area contributed by atoms with Gasteiger partial charge in [0.05, 0.1) is 40.6 Å². The molecular formula is C31H42O15. The van der Waals surface area contributed by atoms with Crippen LogP contribution in [0.2, 0.25) is 0 Å². The number of phenolic OH excluding ortho intramolecular Hbond substituents is 2. The molecule has 256 valence electrons. The number of aliphatic hydroxyl groups excluding tert-OH is 6. The third-order valence-electron chi connectivity index (χ3n) is 9.24. The molecule has 0 radical (unpaired) electrons. The van der Waals surface area contributed by atoms with Crippen LogP contribution in [0.1, 0.15) is 22.6 Å². The molecule has 9 N–H and O–H groups in total. The fraction of sp³-hybridized carbons (Fsp3) is 0.613. The first-order valence-electron chi connectivity index (χ1n) is 14.9. The molecule has 2 aromatic rings. The van der Waals surface area contributed by atoms with E-state index in [1.165, 1.54) is 20.3 Å². The Bertz CT molecular complexity index is 1340. The molecule has 0 aromatic heterocycles. The van der Waals surface area contributed by atoms with Crippen LogP contribution < -0.4 is 9.47 Å². The van der Waals surface area contributed by atoms with Crippen LogP contribution in [0.4, 0.5) is 0 Å². The molecule has 2 heterocycles. The minimum absolute atomic E-state index is 0.0889. The SMILES string of the molecule is COc1cc([C@@H]2c3cc(O)c(OC)cc3C[C@H](CO)[C@H]2CO[C@H]2O[C@@H](CO)[C@@H](O)[C@@H](O)[C@@H]2O[C@@H]2OC[C@@](O)(CO)[C@H]2O)ccc1O. The van der Waals surface area contributed by atoms with Gasteiger partial charge in [-0.05, 0) is 59.2 Å². The zero-order chi connectivity index (χ0) is 33.3. The Kier molecular flexibility index (Phi) is 10.6. The summed E-state index contributed by atoms with van der Waals surface area (Å²) in [6, 6.07) is 8.07. The third kappa shape index (κ3) is 6.37. The van der Waals surface area contributed by atoms with Crippen LogP contribution in [-0.4, -0.2) is 142 Å². The molecule has 2 saturated heterocycles. The Balaban J connectivity index is 1.49. The van der Waals surface area contributed by atoms with Crippen LogP contribution >= 0.6 is 0 Å². The molecule has 1 aliphatic carbocycles. The number of methoxy groups -OCH3 is 2. The number of benzene rings is 2. The summed E-state index contributed by atoms with van der Waals surface area (Å²) >= 11 is 0. The van der Waals surface area contributed by atoms with Crippen LogP contribution in [0.5, 0.6) is 23.0 Å². The first kappa shape index (κ1) is 34.5.